The van der Waals surface area contributed by atoms with Crippen LogP contribution in [0.2, 0.25) is 5.02 Å². The minimum absolute atomic E-state index is 0.177. The third-order valence-electron chi connectivity index (χ3n) is 4.17. The number of halogens is 1. The monoisotopic (exact) mass is 379 g/mol. The second-order valence-electron chi connectivity index (χ2n) is 6.23. The molecule has 0 spiro atoms. The van der Waals surface area contributed by atoms with Crippen LogP contribution in [-0.2, 0) is 12.8 Å². The van der Waals surface area contributed by atoms with Gasteiger partial charge in [-0.1, -0.05) is 54.1 Å². The predicted octanol–water partition coefficient (Wildman–Crippen LogP) is 4.36. The maximum Gasteiger partial charge on any atom is 0.269 e. The van der Waals surface area contributed by atoms with Crippen molar-refractivity contribution in [3.63, 3.8) is 0 Å². The molecule has 0 aliphatic heterocycles. The first-order valence-corrected chi connectivity index (χ1v) is 9.35. The first-order chi connectivity index (χ1) is 13.2. The van der Waals surface area contributed by atoms with Crippen LogP contribution in [0, 0.1) is 0 Å². The smallest absolute Gasteiger partial charge is 0.269 e. The van der Waals surface area contributed by atoms with Gasteiger partial charge in [0, 0.05) is 30.0 Å². The Labute approximate surface area is 164 Å². The van der Waals surface area contributed by atoms with E-state index in [0.29, 0.717) is 17.3 Å². The average Bonchev–Trinajstić information content (AvgIpc) is 2.69. The molecule has 1 aromatic heterocycles. The van der Waals surface area contributed by atoms with E-state index in [0.717, 1.165) is 30.6 Å². The summed E-state index contributed by atoms with van der Waals surface area (Å²) >= 11 is 5.98. The predicted molar refractivity (Wildman–Crippen MR) is 110 cm³/mol. The van der Waals surface area contributed by atoms with Crippen molar-refractivity contribution in [1.29, 1.82) is 0 Å². The molecule has 4 nitrogen and oxygen atoms in total. The van der Waals surface area contributed by atoms with E-state index in [9.17, 15) is 4.79 Å². The molecule has 0 saturated heterocycles. The Kier molecular flexibility index (Phi) is 6.83. The number of benzene rings is 2. The molecular formula is C22H22ClN3O. The number of pyridine rings is 1. The fourth-order valence-electron chi connectivity index (χ4n) is 2.76. The van der Waals surface area contributed by atoms with Gasteiger partial charge in [0.15, 0.2) is 0 Å². The Balaban J connectivity index is 1.48. The summed E-state index contributed by atoms with van der Waals surface area (Å²) in [5, 5.41) is 6.95. The zero-order valence-corrected chi connectivity index (χ0v) is 15.7. The summed E-state index contributed by atoms with van der Waals surface area (Å²) in [6.07, 6.45) is 3.29. The van der Waals surface area contributed by atoms with Gasteiger partial charge < -0.3 is 10.6 Å². The highest BCUT2D eigenvalue weighted by Crippen LogP contribution is 2.11. The lowest BCUT2D eigenvalue weighted by atomic mass is 10.1. The number of aromatic nitrogens is 1. The highest BCUT2D eigenvalue weighted by atomic mass is 35.5. The van der Waals surface area contributed by atoms with Gasteiger partial charge in [-0.25, -0.2) is 0 Å². The van der Waals surface area contributed by atoms with E-state index < -0.39 is 0 Å². The minimum atomic E-state index is -0.177. The van der Waals surface area contributed by atoms with Crippen molar-refractivity contribution in [2.75, 3.05) is 18.4 Å². The van der Waals surface area contributed by atoms with Crippen molar-refractivity contribution in [1.82, 2.24) is 10.3 Å². The molecule has 1 amide bonds. The topological polar surface area (TPSA) is 54.0 Å². The zero-order chi connectivity index (χ0) is 18.9. The second-order valence-corrected chi connectivity index (χ2v) is 6.66. The summed E-state index contributed by atoms with van der Waals surface area (Å²) < 4.78 is 0. The van der Waals surface area contributed by atoms with E-state index in [1.54, 1.807) is 12.3 Å². The summed E-state index contributed by atoms with van der Waals surface area (Å²) in [5.74, 6) is -0.177. The second kappa shape index (κ2) is 9.74. The molecule has 0 saturated carbocycles. The first kappa shape index (κ1) is 18.9. The van der Waals surface area contributed by atoms with Crippen LogP contribution in [0.5, 0.6) is 0 Å². The van der Waals surface area contributed by atoms with Crippen LogP contribution in [0.25, 0.3) is 0 Å². The van der Waals surface area contributed by atoms with Crippen molar-refractivity contribution >= 4 is 23.2 Å². The fourth-order valence-corrected chi connectivity index (χ4v) is 2.98. The van der Waals surface area contributed by atoms with E-state index in [-0.39, 0.29) is 5.91 Å². The number of nitrogens with one attached hydrogen (secondary N) is 2. The lowest BCUT2D eigenvalue weighted by molar-refractivity contribution is 0.0949. The molecule has 0 fully saturated rings. The highest BCUT2D eigenvalue weighted by Gasteiger charge is 2.07. The van der Waals surface area contributed by atoms with Crippen molar-refractivity contribution in [3.05, 3.63) is 94.8 Å². The molecule has 1 heterocycles. The molecule has 0 atom stereocenters. The van der Waals surface area contributed by atoms with E-state index in [2.05, 4.69) is 27.8 Å². The molecule has 2 N–H and O–H groups in total. The van der Waals surface area contributed by atoms with Crippen LogP contribution in [-0.4, -0.2) is 24.0 Å². The number of amides is 1. The van der Waals surface area contributed by atoms with Crippen molar-refractivity contribution in [3.8, 4) is 0 Å². The lowest BCUT2D eigenvalue weighted by Gasteiger charge is -2.09. The molecule has 0 aliphatic carbocycles. The number of nitrogens with zero attached hydrogens (tertiary/aromatic N) is 1. The zero-order valence-electron chi connectivity index (χ0n) is 15.0. The van der Waals surface area contributed by atoms with Gasteiger partial charge in [0.05, 0.1) is 0 Å². The van der Waals surface area contributed by atoms with Gasteiger partial charge in [0.25, 0.3) is 5.91 Å². The first-order valence-electron chi connectivity index (χ1n) is 8.97. The summed E-state index contributed by atoms with van der Waals surface area (Å²) in [6, 6.07) is 21.6. The molecule has 0 radical (unpaired) electrons. The maximum absolute atomic E-state index is 12.3. The summed E-state index contributed by atoms with van der Waals surface area (Å²) in [7, 11) is 0. The van der Waals surface area contributed by atoms with Crippen LogP contribution in [0.15, 0.2) is 72.9 Å². The van der Waals surface area contributed by atoms with Gasteiger partial charge in [-0.2, -0.15) is 0 Å². The molecule has 0 bridgehead atoms. The lowest BCUT2D eigenvalue weighted by Crippen LogP contribution is -2.26. The molecule has 138 valence electrons. The van der Waals surface area contributed by atoms with Crippen molar-refractivity contribution in [2.24, 2.45) is 0 Å². The molecule has 3 aromatic rings. The van der Waals surface area contributed by atoms with Crippen LogP contribution < -0.4 is 10.6 Å². The number of carbonyl (C=O) groups excluding carboxylic acids is 1. The molecule has 2 aromatic carbocycles. The number of hydrogen-bond acceptors (Lipinski definition) is 3. The Hall–Kier alpha value is -2.85. The van der Waals surface area contributed by atoms with Crippen molar-refractivity contribution < 1.29 is 4.79 Å². The number of rotatable bonds is 8. The Morgan fingerprint density at radius 1 is 0.889 bits per heavy atom. The Morgan fingerprint density at radius 3 is 2.48 bits per heavy atom. The van der Waals surface area contributed by atoms with Gasteiger partial charge in [-0.05, 0) is 48.2 Å². The normalized spacial score (nSPS) is 10.4. The van der Waals surface area contributed by atoms with Gasteiger partial charge in [0.2, 0.25) is 0 Å². The average molecular weight is 380 g/mol. The third kappa shape index (κ3) is 6.12. The fraction of sp³-hybridized carbons (Fsp3) is 0.182. The van der Waals surface area contributed by atoms with Crippen molar-refractivity contribution in [2.45, 2.75) is 12.8 Å². The summed E-state index contributed by atoms with van der Waals surface area (Å²) in [5.41, 5.74) is 3.66. The van der Waals surface area contributed by atoms with Gasteiger partial charge >= 0.3 is 0 Å². The van der Waals surface area contributed by atoms with Crippen LogP contribution in [0.1, 0.15) is 21.6 Å². The highest BCUT2D eigenvalue weighted by molar-refractivity contribution is 6.30. The molecule has 27 heavy (non-hydrogen) atoms. The van der Waals surface area contributed by atoms with Gasteiger partial charge in [-0.15, -0.1) is 0 Å². The van der Waals surface area contributed by atoms with E-state index in [1.807, 2.05) is 48.5 Å². The molecule has 3 rings (SSSR count). The summed E-state index contributed by atoms with van der Waals surface area (Å²) in [4.78, 5) is 16.5. The minimum Gasteiger partial charge on any atom is -0.385 e. The number of carbonyl (C=O) groups is 1. The van der Waals surface area contributed by atoms with Gasteiger partial charge in [0.1, 0.15) is 5.69 Å². The SMILES string of the molecule is O=C(NCCc1cccc(Cl)c1)c1cc(NCCc2ccccc2)ccn1. The van der Waals surface area contributed by atoms with Gasteiger partial charge in [-0.3, -0.25) is 9.78 Å². The molecule has 0 unspecified atom stereocenters. The largest absolute Gasteiger partial charge is 0.385 e. The Morgan fingerprint density at radius 2 is 1.67 bits per heavy atom. The summed E-state index contributed by atoms with van der Waals surface area (Å²) in [6.45, 7) is 1.33. The standard InChI is InChI=1S/C22H22ClN3O/c23-19-8-4-7-18(15-19)10-13-26-22(27)21-16-20(11-14-25-21)24-12-9-17-5-2-1-3-6-17/h1-8,11,14-16H,9-10,12-13H2,(H,24,25)(H,26,27). The van der Waals surface area contributed by atoms with Crippen LogP contribution >= 0.6 is 11.6 Å². The quantitative estimate of drug-likeness (QED) is 0.611. The van der Waals surface area contributed by atoms with Crippen LogP contribution in [0.3, 0.4) is 0 Å². The van der Waals surface area contributed by atoms with E-state index in [1.165, 1.54) is 5.56 Å². The maximum atomic E-state index is 12.3. The van der Waals surface area contributed by atoms with Crippen LogP contribution in [0.4, 0.5) is 5.69 Å². The number of hydrogen-bond donors (Lipinski definition) is 2. The molecular weight excluding hydrogens is 358 g/mol. The molecule has 5 heteroatoms. The third-order valence-corrected chi connectivity index (χ3v) is 4.40. The van der Waals surface area contributed by atoms with E-state index in [4.69, 9.17) is 11.6 Å². The van der Waals surface area contributed by atoms with E-state index >= 15 is 0 Å². The molecule has 0 aliphatic rings. The number of anilines is 1. The Bertz CT molecular complexity index is 883.